The summed E-state index contributed by atoms with van der Waals surface area (Å²) in [6.45, 7) is 3.34. The first kappa shape index (κ1) is 14.3. The highest BCUT2D eigenvalue weighted by atomic mass is 16.1. The van der Waals surface area contributed by atoms with Gasteiger partial charge in [0.05, 0.1) is 0 Å². The molecule has 0 unspecified atom stereocenters. The van der Waals surface area contributed by atoms with Crippen molar-refractivity contribution in [3.05, 3.63) is 36.7 Å². The van der Waals surface area contributed by atoms with Crippen LogP contribution in [0.5, 0.6) is 0 Å². The predicted octanol–water partition coefficient (Wildman–Crippen LogP) is 2.07. The van der Waals surface area contributed by atoms with Gasteiger partial charge in [-0.1, -0.05) is 12.1 Å². The largest absolute Gasteiger partial charge is 0.330 e. The molecule has 5 nitrogen and oxygen atoms in total. The van der Waals surface area contributed by atoms with E-state index in [2.05, 4.69) is 19.8 Å². The number of benzene rings is 1. The second kappa shape index (κ2) is 6.34. The lowest BCUT2D eigenvalue weighted by Gasteiger charge is -2.13. The van der Waals surface area contributed by atoms with Crippen LogP contribution < -0.4 is 5.32 Å². The molecule has 0 aliphatic carbocycles. The van der Waals surface area contributed by atoms with Crippen molar-refractivity contribution in [1.82, 2.24) is 14.5 Å². The molecule has 0 saturated heterocycles. The van der Waals surface area contributed by atoms with Crippen LogP contribution in [-0.4, -0.2) is 41.0 Å². The van der Waals surface area contributed by atoms with Crippen molar-refractivity contribution in [3.63, 3.8) is 0 Å². The Hall–Kier alpha value is -2.14. The van der Waals surface area contributed by atoms with E-state index >= 15 is 0 Å². The molecular weight excluding hydrogens is 252 g/mol. The van der Waals surface area contributed by atoms with E-state index < -0.39 is 0 Å². The maximum absolute atomic E-state index is 11.1. The SMILES string of the molecule is CC(=O)Nc1cccc(-c2nccn2CCN(C)C)c1. The van der Waals surface area contributed by atoms with Crippen LogP contribution in [0.15, 0.2) is 36.7 Å². The van der Waals surface area contributed by atoms with Crippen LogP contribution in [0.4, 0.5) is 5.69 Å². The first-order valence-corrected chi connectivity index (χ1v) is 6.60. The minimum Gasteiger partial charge on any atom is -0.330 e. The first-order chi connectivity index (χ1) is 9.56. The molecule has 0 aliphatic heterocycles. The Morgan fingerprint density at radius 1 is 1.40 bits per heavy atom. The van der Waals surface area contributed by atoms with Crippen LogP contribution in [-0.2, 0) is 11.3 Å². The number of aromatic nitrogens is 2. The van der Waals surface area contributed by atoms with Crippen LogP contribution >= 0.6 is 0 Å². The third-order valence-corrected chi connectivity index (χ3v) is 2.94. The number of amides is 1. The average molecular weight is 272 g/mol. The summed E-state index contributed by atoms with van der Waals surface area (Å²) in [6.07, 6.45) is 3.78. The smallest absolute Gasteiger partial charge is 0.221 e. The number of anilines is 1. The summed E-state index contributed by atoms with van der Waals surface area (Å²) < 4.78 is 2.12. The quantitative estimate of drug-likeness (QED) is 0.906. The maximum Gasteiger partial charge on any atom is 0.221 e. The second-order valence-electron chi connectivity index (χ2n) is 5.01. The summed E-state index contributed by atoms with van der Waals surface area (Å²) in [4.78, 5) is 17.7. The van der Waals surface area contributed by atoms with Crippen molar-refractivity contribution in [2.24, 2.45) is 0 Å². The van der Waals surface area contributed by atoms with Gasteiger partial charge in [0.25, 0.3) is 0 Å². The molecule has 1 heterocycles. The number of nitrogens with zero attached hydrogens (tertiary/aromatic N) is 3. The van der Waals surface area contributed by atoms with E-state index in [-0.39, 0.29) is 5.91 Å². The normalized spacial score (nSPS) is 10.8. The minimum absolute atomic E-state index is 0.0712. The Kier molecular flexibility index (Phi) is 4.53. The van der Waals surface area contributed by atoms with E-state index in [1.54, 1.807) is 6.20 Å². The van der Waals surface area contributed by atoms with Crippen molar-refractivity contribution < 1.29 is 4.79 Å². The van der Waals surface area contributed by atoms with Crippen LogP contribution in [0.3, 0.4) is 0 Å². The Bertz CT molecular complexity index is 589. The molecule has 0 spiro atoms. The summed E-state index contributed by atoms with van der Waals surface area (Å²) in [5.41, 5.74) is 1.79. The number of imidazole rings is 1. The highest BCUT2D eigenvalue weighted by molar-refractivity contribution is 5.89. The summed E-state index contributed by atoms with van der Waals surface area (Å²) in [6, 6.07) is 7.74. The lowest BCUT2D eigenvalue weighted by atomic mass is 10.2. The first-order valence-electron chi connectivity index (χ1n) is 6.60. The number of carbonyl (C=O) groups excluding carboxylic acids is 1. The molecule has 20 heavy (non-hydrogen) atoms. The fourth-order valence-electron chi connectivity index (χ4n) is 2.00. The zero-order valence-corrected chi connectivity index (χ0v) is 12.1. The van der Waals surface area contributed by atoms with E-state index in [0.29, 0.717) is 0 Å². The molecule has 106 valence electrons. The van der Waals surface area contributed by atoms with E-state index in [1.165, 1.54) is 6.92 Å². The Morgan fingerprint density at radius 2 is 2.20 bits per heavy atom. The van der Waals surface area contributed by atoms with Gasteiger partial charge < -0.3 is 14.8 Å². The summed E-state index contributed by atoms with van der Waals surface area (Å²) >= 11 is 0. The van der Waals surface area contributed by atoms with Crippen LogP contribution in [0.2, 0.25) is 0 Å². The number of likely N-dealkylation sites (N-methyl/N-ethyl adjacent to an activating group) is 1. The van der Waals surface area contributed by atoms with Gasteiger partial charge in [-0.15, -0.1) is 0 Å². The molecule has 1 aromatic carbocycles. The maximum atomic E-state index is 11.1. The van der Waals surface area contributed by atoms with Gasteiger partial charge in [0.2, 0.25) is 5.91 Å². The second-order valence-corrected chi connectivity index (χ2v) is 5.01. The van der Waals surface area contributed by atoms with E-state index in [0.717, 1.165) is 30.2 Å². The molecule has 0 saturated carbocycles. The summed E-state index contributed by atoms with van der Waals surface area (Å²) in [5, 5.41) is 2.79. The highest BCUT2D eigenvalue weighted by Crippen LogP contribution is 2.21. The molecule has 1 N–H and O–H groups in total. The van der Waals surface area contributed by atoms with Crippen molar-refractivity contribution in [2.75, 3.05) is 26.0 Å². The molecule has 0 bridgehead atoms. The van der Waals surface area contributed by atoms with Crippen molar-refractivity contribution >= 4 is 11.6 Å². The summed E-state index contributed by atoms with van der Waals surface area (Å²) in [5.74, 6) is 0.845. The topological polar surface area (TPSA) is 50.2 Å². The van der Waals surface area contributed by atoms with Gasteiger partial charge in [-0.25, -0.2) is 4.98 Å². The number of nitrogens with one attached hydrogen (secondary N) is 1. The van der Waals surface area contributed by atoms with E-state index in [9.17, 15) is 4.79 Å². The van der Waals surface area contributed by atoms with Gasteiger partial charge in [0.1, 0.15) is 5.82 Å². The molecule has 2 rings (SSSR count). The highest BCUT2D eigenvalue weighted by Gasteiger charge is 2.07. The monoisotopic (exact) mass is 272 g/mol. The summed E-state index contributed by atoms with van der Waals surface area (Å²) in [7, 11) is 4.10. The number of rotatable bonds is 5. The minimum atomic E-state index is -0.0712. The molecule has 2 aromatic rings. The van der Waals surface area contributed by atoms with Crippen LogP contribution in [0, 0.1) is 0 Å². The lowest BCUT2D eigenvalue weighted by molar-refractivity contribution is -0.114. The van der Waals surface area contributed by atoms with Crippen molar-refractivity contribution in [3.8, 4) is 11.4 Å². The molecule has 5 heteroatoms. The fourth-order valence-corrected chi connectivity index (χ4v) is 2.00. The Morgan fingerprint density at radius 3 is 2.90 bits per heavy atom. The standard InChI is InChI=1S/C15H20N4O/c1-12(20)17-14-6-4-5-13(11-14)15-16-7-8-19(15)10-9-18(2)3/h4-8,11H,9-10H2,1-3H3,(H,17,20). The van der Waals surface area contributed by atoms with Gasteiger partial charge in [-0.3, -0.25) is 4.79 Å². The third kappa shape index (κ3) is 3.68. The van der Waals surface area contributed by atoms with Crippen molar-refractivity contribution in [1.29, 1.82) is 0 Å². The molecule has 1 aromatic heterocycles. The average Bonchev–Trinajstić information content (AvgIpc) is 2.84. The van der Waals surface area contributed by atoms with Gasteiger partial charge >= 0.3 is 0 Å². The van der Waals surface area contributed by atoms with Crippen molar-refractivity contribution in [2.45, 2.75) is 13.5 Å². The predicted molar refractivity (Wildman–Crippen MR) is 80.5 cm³/mol. The van der Waals surface area contributed by atoms with Gasteiger partial charge in [-0.05, 0) is 26.2 Å². The van der Waals surface area contributed by atoms with Gasteiger partial charge in [0, 0.05) is 43.7 Å². The van der Waals surface area contributed by atoms with Crippen LogP contribution in [0.1, 0.15) is 6.92 Å². The molecule has 0 radical (unpaired) electrons. The van der Waals surface area contributed by atoms with Gasteiger partial charge in [0.15, 0.2) is 0 Å². The number of hydrogen-bond donors (Lipinski definition) is 1. The Labute approximate surface area is 119 Å². The molecule has 0 aliphatic rings. The number of hydrogen-bond acceptors (Lipinski definition) is 3. The lowest BCUT2D eigenvalue weighted by Crippen LogP contribution is -2.18. The Balaban J connectivity index is 2.23. The zero-order valence-electron chi connectivity index (χ0n) is 12.1. The van der Waals surface area contributed by atoms with E-state index in [1.807, 2.05) is 44.6 Å². The molecule has 0 atom stereocenters. The third-order valence-electron chi connectivity index (χ3n) is 2.94. The number of carbonyl (C=O) groups is 1. The fraction of sp³-hybridized carbons (Fsp3) is 0.333. The zero-order chi connectivity index (χ0) is 14.5. The van der Waals surface area contributed by atoms with Gasteiger partial charge in [-0.2, -0.15) is 0 Å². The molecular formula is C15H20N4O. The van der Waals surface area contributed by atoms with Crippen LogP contribution in [0.25, 0.3) is 11.4 Å². The van der Waals surface area contributed by atoms with E-state index in [4.69, 9.17) is 0 Å². The molecule has 0 fully saturated rings. The molecule has 1 amide bonds.